The van der Waals surface area contributed by atoms with Crippen molar-refractivity contribution in [2.24, 2.45) is 5.92 Å². The van der Waals surface area contributed by atoms with E-state index in [0.29, 0.717) is 32.6 Å². The van der Waals surface area contributed by atoms with Gasteiger partial charge in [0.15, 0.2) is 5.78 Å². The van der Waals surface area contributed by atoms with E-state index in [9.17, 15) is 9.59 Å². The summed E-state index contributed by atoms with van der Waals surface area (Å²) in [4.78, 5) is 29.9. The Morgan fingerprint density at radius 3 is 2.35 bits per heavy atom. The van der Waals surface area contributed by atoms with Crippen LogP contribution >= 0.6 is 58.0 Å². The van der Waals surface area contributed by atoms with Crippen LogP contribution in [-0.2, 0) is 11.2 Å². The molecule has 2 atom stereocenters. The van der Waals surface area contributed by atoms with E-state index in [4.69, 9.17) is 63.3 Å². The number of rotatable bonds is 6. The quantitative estimate of drug-likeness (QED) is 0.267. The van der Waals surface area contributed by atoms with Crippen LogP contribution in [0.15, 0.2) is 54.7 Å². The fraction of sp³-hybridized carbons (Fsp3) is 0.167. The molecule has 0 saturated heterocycles. The molecule has 2 unspecified atom stereocenters. The highest BCUT2D eigenvalue weighted by Crippen LogP contribution is 2.65. The Balaban J connectivity index is 1.50. The number of nitrogens with zero attached hydrogens (tertiary/aromatic N) is 2. The maximum absolute atomic E-state index is 13.0. The summed E-state index contributed by atoms with van der Waals surface area (Å²) in [5.74, 6) is -1.95. The monoisotopic (exact) mass is 551 g/mol. The van der Waals surface area contributed by atoms with E-state index in [1.165, 1.54) is 18.3 Å². The fourth-order valence-corrected chi connectivity index (χ4v) is 5.31. The van der Waals surface area contributed by atoms with Crippen LogP contribution < -0.4 is 5.32 Å². The molecular formula is C24H14Cl5N3O2. The molecule has 3 aromatic rings. The topological polar surface area (TPSA) is 82.9 Å². The Hall–Kier alpha value is -2.33. The average Bonchev–Trinajstić information content (AvgIpc) is 3.37. The van der Waals surface area contributed by atoms with Crippen LogP contribution in [0.3, 0.4) is 0 Å². The number of anilines is 1. The average molecular weight is 554 g/mol. The normalized spacial score (nSPS) is 18.1. The predicted molar refractivity (Wildman–Crippen MR) is 134 cm³/mol. The zero-order valence-corrected chi connectivity index (χ0v) is 20.9. The lowest BCUT2D eigenvalue weighted by Gasteiger charge is -2.09. The SMILES string of the molecule is N#Cc1ccc(CC(=O)c2cc(NC(=O)C3C(c4cc(Cl)cc(Cl)c4)C3(Cl)Cl)ccc2Cl)nc1. The van der Waals surface area contributed by atoms with Gasteiger partial charge in [0.25, 0.3) is 0 Å². The Morgan fingerprint density at radius 2 is 1.74 bits per heavy atom. The summed E-state index contributed by atoms with van der Waals surface area (Å²) in [6.07, 6.45) is 1.38. The van der Waals surface area contributed by atoms with Gasteiger partial charge in [0.2, 0.25) is 5.91 Å². The molecule has 172 valence electrons. The summed E-state index contributed by atoms with van der Waals surface area (Å²) in [5, 5.41) is 12.7. The third kappa shape index (κ3) is 5.17. The van der Waals surface area contributed by atoms with Crippen LogP contribution in [0, 0.1) is 17.2 Å². The highest BCUT2D eigenvalue weighted by atomic mass is 35.5. The van der Waals surface area contributed by atoms with Crippen LogP contribution in [0.25, 0.3) is 0 Å². The molecule has 0 bridgehead atoms. The summed E-state index contributed by atoms with van der Waals surface area (Å²) >= 11 is 31.2. The first-order chi connectivity index (χ1) is 16.1. The molecule has 1 aliphatic rings. The number of alkyl halides is 2. The lowest BCUT2D eigenvalue weighted by atomic mass is 10.0. The molecular weight excluding hydrogens is 540 g/mol. The third-order valence-electron chi connectivity index (χ3n) is 5.41. The maximum Gasteiger partial charge on any atom is 0.231 e. The second-order valence-corrected chi connectivity index (χ2v) is 10.5. The van der Waals surface area contributed by atoms with Crippen molar-refractivity contribution < 1.29 is 9.59 Å². The van der Waals surface area contributed by atoms with Crippen molar-refractivity contribution in [1.82, 2.24) is 4.98 Å². The number of amides is 1. The molecule has 2 aromatic carbocycles. The van der Waals surface area contributed by atoms with E-state index in [1.54, 1.807) is 36.4 Å². The van der Waals surface area contributed by atoms with Gasteiger partial charge in [-0.2, -0.15) is 5.26 Å². The number of aromatic nitrogens is 1. The molecule has 1 amide bonds. The number of Topliss-reactive ketones (excluding diaryl/α,β-unsaturated/α-hetero) is 1. The Labute approximate surface area is 220 Å². The number of pyridine rings is 1. The van der Waals surface area contributed by atoms with Crippen molar-refractivity contribution in [1.29, 1.82) is 5.26 Å². The summed E-state index contributed by atoms with van der Waals surface area (Å²) in [6.45, 7) is 0. The number of benzene rings is 2. The predicted octanol–water partition coefficient (Wildman–Crippen LogP) is 6.86. The molecule has 5 nitrogen and oxygen atoms in total. The lowest BCUT2D eigenvalue weighted by molar-refractivity contribution is -0.117. The lowest BCUT2D eigenvalue weighted by Crippen LogP contribution is -2.17. The maximum atomic E-state index is 13.0. The van der Waals surface area contributed by atoms with E-state index >= 15 is 0 Å². The molecule has 1 fully saturated rings. The molecule has 1 aromatic heterocycles. The fourth-order valence-electron chi connectivity index (χ4n) is 3.71. The van der Waals surface area contributed by atoms with Crippen LogP contribution in [0.2, 0.25) is 15.1 Å². The molecule has 1 saturated carbocycles. The highest BCUT2D eigenvalue weighted by Gasteiger charge is 2.67. The Morgan fingerprint density at radius 1 is 1.03 bits per heavy atom. The van der Waals surface area contributed by atoms with E-state index in [1.807, 2.05) is 6.07 Å². The minimum absolute atomic E-state index is 0.0183. The van der Waals surface area contributed by atoms with Gasteiger partial charge in [-0.3, -0.25) is 14.6 Å². The number of hydrogen-bond donors (Lipinski definition) is 1. The highest BCUT2D eigenvalue weighted by molar-refractivity contribution is 6.53. The molecule has 0 spiro atoms. The number of hydrogen-bond acceptors (Lipinski definition) is 4. The molecule has 1 aliphatic carbocycles. The van der Waals surface area contributed by atoms with Crippen molar-refractivity contribution in [3.05, 3.63) is 92.2 Å². The van der Waals surface area contributed by atoms with Gasteiger partial charge in [0.1, 0.15) is 10.4 Å². The van der Waals surface area contributed by atoms with Crippen molar-refractivity contribution in [2.45, 2.75) is 16.7 Å². The minimum atomic E-state index is -1.33. The number of nitrogens with one attached hydrogen (secondary N) is 1. The van der Waals surface area contributed by atoms with Crippen molar-refractivity contribution in [3.63, 3.8) is 0 Å². The van der Waals surface area contributed by atoms with Gasteiger partial charge >= 0.3 is 0 Å². The number of nitriles is 1. The van der Waals surface area contributed by atoms with Gasteiger partial charge in [-0.1, -0.05) is 34.8 Å². The zero-order valence-electron chi connectivity index (χ0n) is 17.2. The molecule has 4 rings (SSSR count). The molecule has 1 heterocycles. The van der Waals surface area contributed by atoms with E-state index in [2.05, 4.69) is 10.3 Å². The van der Waals surface area contributed by atoms with Crippen LogP contribution in [0.5, 0.6) is 0 Å². The number of halogens is 5. The summed E-state index contributed by atoms with van der Waals surface area (Å²) in [5.41, 5.74) is 2.13. The van der Waals surface area contributed by atoms with Crippen LogP contribution in [0.4, 0.5) is 5.69 Å². The smallest absolute Gasteiger partial charge is 0.231 e. The molecule has 34 heavy (non-hydrogen) atoms. The van der Waals surface area contributed by atoms with E-state index < -0.39 is 22.1 Å². The van der Waals surface area contributed by atoms with Gasteiger partial charge in [-0.25, -0.2) is 0 Å². The summed E-state index contributed by atoms with van der Waals surface area (Å²) < 4.78 is -1.33. The summed E-state index contributed by atoms with van der Waals surface area (Å²) in [7, 11) is 0. The van der Waals surface area contributed by atoms with Gasteiger partial charge < -0.3 is 5.32 Å². The standard InChI is InChI=1S/C24H14Cl5N3O2/c25-14-5-13(6-15(26)7-14)21-22(24(21,28)29)23(34)32-17-3-4-19(27)18(8-17)20(33)9-16-2-1-12(10-30)11-31-16/h1-8,11,21-22H,9H2,(H,32,34). The van der Waals surface area contributed by atoms with Crippen molar-refractivity contribution in [2.75, 3.05) is 5.32 Å². The third-order valence-corrected chi connectivity index (χ3v) is 7.12. The van der Waals surface area contributed by atoms with E-state index in [0.717, 1.165) is 0 Å². The van der Waals surface area contributed by atoms with Gasteiger partial charge in [0, 0.05) is 39.1 Å². The summed E-state index contributed by atoms with van der Waals surface area (Å²) in [6, 6.07) is 14.7. The first kappa shape index (κ1) is 24.8. The van der Waals surface area contributed by atoms with Crippen LogP contribution in [-0.4, -0.2) is 21.0 Å². The van der Waals surface area contributed by atoms with Gasteiger partial charge in [-0.15, -0.1) is 23.2 Å². The number of carbonyl (C=O) groups is 2. The second kappa shape index (κ2) is 9.73. The largest absolute Gasteiger partial charge is 0.326 e. The van der Waals surface area contributed by atoms with Crippen LogP contribution in [0.1, 0.15) is 33.1 Å². The van der Waals surface area contributed by atoms with E-state index in [-0.39, 0.29) is 22.8 Å². The minimum Gasteiger partial charge on any atom is -0.326 e. The molecule has 0 radical (unpaired) electrons. The molecule has 0 aliphatic heterocycles. The zero-order chi connectivity index (χ0) is 24.6. The van der Waals surface area contributed by atoms with Crippen molar-refractivity contribution in [3.8, 4) is 6.07 Å². The Kier molecular flexibility index (Phi) is 7.09. The van der Waals surface area contributed by atoms with Crippen molar-refractivity contribution >= 4 is 75.4 Å². The number of carbonyl (C=O) groups excluding carboxylic acids is 2. The van der Waals surface area contributed by atoms with Gasteiger partial charge in [-0.05, 0) is 54.1 Å². The number of ketones is 1. The van der Waals surface area contributed by atoms with Gasteiger partial charge in [0.05, 0.1) is 22.9 Å². The Bertz CT molecular complexity index is 1320. The second-order valence-electron chi connectivity index (χ2n) is 7.77. The molecule has 10 heteroatoms. The molecule has 1 N–H and O–H groups in total. The first-order valence-corrected chi connectivity index (χ1v) is 11.8. The first-order valence-electron chi connectivity index (χ1n) is 9.92.